The quantitative estimate of drug-likeness (QED) is 0.240. The molecule has 1 aromatic heterocycles. The molecule has 0 spiro atoms. The highest BCUT2D eigenvalue weighted by Crippen LogP contribution is 2.29. The van der Waals surface area contributed by atoms with Gasteiger partial charge in [0.25, 0.3) is 0 Å². The third-order valence-electron chi connectivity index (χ3n) is 6.27. The Hall–Kier alpha value is -4.02. The molecule has 3 aromatic carbocycles. The lowest BCUT2D eigenvalue weighted by atomic mass is 9.88. The number of aromatic nitrogens is 1. The molecule has 2 amide bonds. The lowest BCUT2D eigenvalue weighted by Crippen LogP contribution is -2.37. The summed E-state index contributed by atoms with van der Waals surface area (Å²) in [6.45, 7) is 0.404. The average molecular weight is 564 g/mol. The van der Waals surface area contributed by atoms with Gasteiger partial charge >= 0.3 is 12.0 Å². The van der Waals surface area contributed by atoms with Gasteiger partial charge in [0.05, 0.1) is 17.0 Å². The third-order valence-corrected chi connectivity index (χ3v) is 8.16. The number of nitrogens with one attached hydrogen (secondary N) is 1. The summed E-state index contributed by atoms with van der Waals surface area (Å²) in [5.74, 6) is -0.946. The number of anilines is 1. The Morgan fingerprint density at radius 1 is 0.923 bits per heavy atom. The number of hydrogen-bond acceptors (Lipinski definition) is 6. The highest BCUT2D eigenvalue weighted by Gasteiger charge is 2.21. The minimum absolute atomic E-state index is 0.0360. The number of carbonyl (C=O) groups excluding carboxylic acids is 1. The number of hydrogen-bond donors (Lipinski definition) is 2. The van der Waals surface area contributed by atoms with Gasteiger partial charge in [0.15, 0.2) is 15.0 Å². The zero-order valence-electron chi connectivity index (χ0n) is 21.4. The molecule has 202 valence electrons. The lowest BCUT2D eigenvalue weighted by Gasteiger charge is -2.25. The van der Waals surface area contributed by atoms with Gasteiger partial charge in [-0.1, -0.05) is 72.8 Å². The lowest BCUT2D eigenvalue weighted by molar-refractivity contribution is -0.137. The molecule has 0 aliphatic carbocycles. The van der Waals surface area contributed by atoms with Crippen LogP contribution < -0.4 is 5.32 Å². The zero-order chi connectivity index (χ0) is 27.8. The smallest absolute Gasteiger partial charge is 0.323 e. The molecule has 39 heavy (non-hydrogen) atoms. The van der Waals surface area contributed by atoms with Gasteiger partial charge in [-0.25, -0.2) is 18.2 Å². The number of urea groups is 1. The van der Waals surface area contributed by atoms with E-state index in [0.717, 1.165) is 22.9 Å². The molecule has 0 saturated carbocycles. The van der Waals surface area contributed by atoms with Gasteiger partial charge in [-0.3, -0.25) is 10.1 Å². The first-order chi connectivity index (χ1) is 18.7. The molecule has 0 aliphatic heterocycles. The summed E-state index contributed by atoms with van der Waals surface area (Å²) in [5.41, 5.74) is 3.55. The Morgan fingerprint density at radius 2 is 1.51 bits per heavy atom. The Bertz CT molecular complexity index is 1470. The van der Waals surface area contributed by atoms with Crippen LogP contribution in [0.25, 0.3) is 11.3 Å². The van der Waals surface area contributed by atoms with Crippen LogP contribution in [0.3, 0.4) is 0 Å². The Morgan fingerprint density at radius 3 is 2.05 bits per heavy atom. The van der Waals surface area contributed by atoms with Crippen LogP contribution in [0, 0.1) is 0 Å². The summed E-state index contributed by atoms with van der Waals surface area (Å²) in [7, 11) is -3.30. The first kappa shape index (κ1) is 28.0. The van der Waals surface area contributed by atoms with Crippen molar-refractivity contribution in [3.63, 3.8) is 0 Å². The van der Waals surface area contributed by atoms with Gasteiger partial charge < -0.3 is 10.0 Å². The van der Waals surface area contributed by atoms with E-state index in [4.69, 9.17) is 0 Å². The predicted octanol–water partition coefficient (Wildman–Crippen LogP) is 5.74. The number of amides is 2. The monoisotopic (exact) mass is 563 g/mol. The fourth-order valence-corrected chi connectivity index (χ4v) is 5.57. The zero-order valence-corrected chi connectivity index (χ0v) is 23.0. The van der Waals surface area contributed by atoms with E-state index in [-0.39, 0.29) is 23.8 Å². The van der Waals surface area contributed by atoms with Crippen molar-refractivity contribution in [3.05, 3.63) is 101 Å². The standard InChI is InChI=1S/C29H29N3O5S2/c1-39(36,37)24-14-12-23(13-15-24)26-20-38-28(30-26)31-29(35)32(19-17-27(33)34)18-16-25(21-8-4-2-5-9-21)22-10-6-3-7-11-22/h2-15,20,25H,16-19H2,1H3,(H,33,34)(H,30,31,35). The SMILES string of the molecule is CS(=O)(=O)c1ccc(-c2csc(NC(=O)N(CCC(=O)O)CCC(c3ccccc3)c3ccccc3)n2)cc1. The van der Waals surface area contributed by atoms with Crippen molar-refractivity contribution >= 4 is 38.3 Å². The van der Waals surface area contributed by atoms with Gasteiger partial charge in [0.2, 0.25) is 0 Å². The molecular formula is C29H29N3O5S2. The largest absolute Gasteiger partial charge is 0.481 e. The van der Waals surface area contributed by atoms with Crippen LogP contribution in [0.1, 0.15) is 29.9 Å². The summed E-state index contributed by atoms with van der Waals surface area (Å²) in [5, 5.41) is 14.2. The predicted molar refractivity (Wildman–Crippen MR) is 153 cm³/mol. The van der Waals surface area contributed by atoms with Crippen molar-refractivity contribution in [2.75, 3.05) is 24.7 Å². The molecule has 0 radical (unpaired) electrons. The minimum Gasteiger partial charge on any atom is -0.481 e. The molecule has 0 fully saturated rings. The number of carboxylic acids is 1. The van der Waals surface area contributed by atoms with E-state index >= 15 is 0 Å². The Balaban J connectivity index is 1.48. The van der Waals surface area contributed by atoms with Crippen LogP contribution in [0.15, 0.2) is 95.2 Å². The summed E-state index contributed by atoms with van der Waals surface area (Å²) in [6, 6.07) is 26.0. The maximum Gasteiger partial charge on any atom is 0.323 e. The first-order valence-electron chi connectivity index (χ1n) is 12.3. The van der Waals surface area contributed by atoms with Crippen LogP contribution in [0.5, 0.6) is 0 Å². The topological polar surface area (TPSA) is 117 Å². The molecule has 4 rings (SSSR count). The van der Waals surface area contributed by atoms with Crippen LogP contribution in [0.2, 0.25) is 0 Å². The maximum atomic E-state index is 13.2. The van der Waals surface area contributed by atoms with E-state index in [9.17, 15) is 23.1 Å². The highest BCUT2D eigenvalue weighted by molar-refractivity contribution is 7.90. The summed E-state index contributed by atoms with van der Waals surface area (Å²) >= 11 is 1.24. The molecule has 0 atom stereocenters. The minimum atomic E-state index is -3.30. The number of carboxylic acid groups (broad SMARTS) is 1. The molecule has 4 aromatic rings. The molecule has 0 aliphatic rings. The summed E-state index contributed by atoms with van der Waals surface area (Å²) in [6.07, 6.45) is 1.58. The summed E-state index contributed by atoms with van der Waals surface area (Å²) in [4.78, 5) is 30.7. The highest BCUT2D eigenvalue weighted by atomic mass is 32.2. The fraction of sp³-hybridized carbons (Fsp3) is 0.207. The number of thiazole rings is 1. The van der Waals surface area contributed by atoms with Crippen molar-refractivity contribution in [1.82, 2.24) is 9.88 Å². The van der Waals surface area contributed by atoms with E-state index < -0.39 is 21.8 Å². The van der Waals surface area contributed by atoms with E-state index in [1.807, 2.05) is 36.4 Å². The van der Waals surface area contributed by atoms with E-state index in [2.05, 4.69) is 34.6 Å². The van der Waals surface area contributed by atoms with Crippen LogP contribution in [-0.2, 0) is 14.6 Å². The van der Waals surface area contributed by atoms with Gasteiger partial charge in [-0.05, 0) is 29.7 Å². The number of sulfone groups is 1. The number of aliphatic carboxylic acids is 1. The molecule has 0 unspecified atom stereocenters. The summed E-state index contributed by atoms with van der Waals surface area (Å²) < 4.78 is 23.4. The molecule has 2 N–H and O–H groups in total. The molecule has 10 heteroatoms. The second kappa shape index (κ2) is 12.7. The van der Waals surface area contributed by atoms with Gasteiger partial charge in [-0.15, -0.1) is 11.3 Å². The second-order valence-electron chi connectivity index (χ2n) is 9.06. The maximum absolute atomic E-state index is 13.2. The van der Waals surface area contributed by atoms with E-state index in [0.29, 0.717) is 23.8 Å². The van der Waals surface area contributed by atoms with E-state index in [1.165, 1.54) is 28.4 Å². The third kappa shape index (κ3) is 7.75. The van der Waals surface area contributed by atoms with E-state index in [1.54, 1.807) is 17.5 Å². The fourth-order valence-electron chi connectivity index (χ4n) is 4.23. The van der Waals surface area contributed by atoms with Crippen LogP contribution >= 0.6 is 11.3 Å². The average Bonchev–Trinajstić information content (AvgIpc) is 3.39. The number of benzene rings is 3. The van der Waals surface area contributed by atoms with Gasteiger partial charge in [0.1, 0.15) is 0 Å². The van der Waals surface area contributed by atoms with Crippen molar-refractivity contribution in [3.8, 4) is 11.3 Å². The van der Waals surface area contributed by atoms with Crippen LogP contribution in [-0.4, -0.2) is 54.8 Å². The number of rotatable bonds is 11. The van der Waals surface area contributed by atoms with Gasteiger partial charge in [-0.2, -0.15) is 0 Å². The Kier molecular flexibility index (Phi) is 9.11. The molecule has 8 nitrogen and oxygen atoms in total. The number of nitrogens with zero attached hydrogens (tertiary/aromatic N) is 2. The van der Waals surface area contributed by atoms with Gasteiger partial charge in [0, 0.05) is 36.2 Å². The van der Waals surface area contributed by atoms with Crippen molar-refractivity contribution in [2.45, 2.75) is 23.7 Å². The molecule has 0 saturated heterocycles. The molecular weight excluding hydrogens is 534 g/mol. The first-order valence-corrected chi connectivity index (χ1v) is 15.1. The van der Waals surface area contributed by atoms with Crippen molar-refractivity contribution < 1.29 is 23.1 Å². The molecule has 1 heterocycles. The second-order valence-corrected chi connectivity index (χ2v) is 11.9. The van der Waals surface area contributed by atoms with Crippen molar-refractivity contribution in [2.24, 2.45) is 0 Å². The van der Waals surface area contributed by atoms with Crippen LogP contribution in [0.4, 0.5) is 9.93 Å². The Labute approximate surface area is 231 Å². The number of carbonyl (C=O) groups is 2. The normalized spacial score (nSPS) is 11.3. The molecule has 0 bridgehead atoms. The van der Waals surface area contributed by atoms with Crippen molar-refractivity contribution in [1.29, 1.82) is 0 Å².